The maximum atomic E-state index is 9.30. The van der Waals surface area contributed by atoms with E-state index >= 15 is 0 Å². The van der Waals surface area contributed by atoms with Crippen LogP contribution in [0.3, 0.4) is 0 Å². The van der Waals surface area contributed by atoms with Crippen LogP contribution in [-0.2, 0) is 6.42 Å². The van der Waals surface area contributed by atoms with Gasteiger partial charge in [0.15, 0.2) is 0 Å². The molecule has 2 atom stereocenters. The molecule has 1 aromatic rings. The van der Waals surface area contributed by atoms with Crippen LogP contribution in [0.15, 0.2) is 18.2 Å². The molecule has 0 radical (unpaired) electrons. The Morgan fingerprint density at radius 1 is 1.47 bits per heavy atom. The SMILES string of the molecule is Nc1ccc2c(c1)CC1C(CO)CCN21. The molecule has 2 heterocycles. The van der Waals surface area contributed by atoms with E-state index in [2.05, 4.69) is 17.0 Å². The lowest BCUT2D eigenvalue weighted by Gasteiger charge is -2.21. The van der Waals surface area contributed by atoms with Crippen molar-refractivity contribution in [3.63, 3.8) is 0 Å². The highest BCUT2D eigenvalue weighted by Gasteiger charge is 2.39. The zero-order valence-corrected chi connectivity index (χ0v) is 8.69. The summed E-state index contributed by atoms with van der Waals surface area (Å²) < 4.78 is 0. The van der Waals surface area contributed by atoms with Crippen LogP contribution >= 0.6 is 0 Å². The van der Waals surface area contributed by atoms with E-state index in [0.717, 1.165) is 25.1 Å². The summed E-state index contributed by atoms with van der Waals surface area (Å²) in [4.78, 5) is 2.43. The van der Waals surface area contributed by atoms with Crippen molar-refractivity contribution < 1.29 is 5.11 Å². The predicted molar refractivity (Wildman–Crippen MR) is 60.9 cm³/mol. The van der Waals surface area contributed by atoms with Crippen molar-refractivity contribution >= 4 is 11.4 Å². The highest BCUT2D eigenvalue weighted by Crippen LogP contribution is 2.40. The number of aliphatic hydroxyl groups is 1. The van der Waals surface area contributed by atoms with Crippen LogP contribution < -0.4 is 10.6 Å². The molecule has 2 unspecified atom stereocenters. The minimum atomic E-state index is 0.310. The van der Waals surface area contributed by atoms with Crippen molar-refractivity contribution in [1.82, 2.24) is 0 Å². The molecule has 1 fully saturated rings. The van der Waals surface area contributed by atoms with Crippen molar-refractivity contribution in [1.29, 1.82) is 0 Å². The molecule has 2 aliphatic rings. The standard InChI is InChI=1S/C12H16N2O/c13-10-1-2-11-9(5-10)6-12-8(7-15)3-4-14(11)12/h1-2,5,8,12,15H,3-4,6-7,13H2. The number of hydrogen-bond acceptors (Lipinski definition) is 3. The maximum absolute atomic E-state index is 9.30. The molecule has 1 aromatic carbocycles. The lowest BCUT2D eigenvalue weighted by molar-refractivity contribution is 0.218. The monoisotopic (exact) mass is 204 g/mol. The molecular weight excluding hydrogens is 188 g/mol. The lowest BCUT2D eigenvalue weighted by Crippen LogP contribution is -2.30. The van der Waals surface area contributed by atoms with Gasteiger partial charge in [-0.3, -0.25) is 0 Å². The van der Waals surface area contributed by atoms with Crippen molar-refractivity contribution in [3.05, 3.63) is 23.8 Å². The van der Waals surface area contributed by atoms with Crippen LogP contribution in [0.4, 0.5) is 11.4 Å². The number of aliphatic hydroxyl groups excluding tert-OH is 1. The molecule has 15 heavy (non-hydrogen) atoms. The number of nitrogens with zero attached hydrogens (tertiary/aromatic N) is 1. The molecule has 0 saturated carbocycles. The van der Waals surface area contributed by atoms with Crippen LogP contribution in [0, 0.1) is 5.92 Å². The first-order chi connectivity index (χ1) is 7.29. The Labute approximate surface area is 89.5 Å². The van der Waals surface area contributed by atoms with E-state index in [-0.39, 0.29) is 0 Å². The largest absolute Gasteiger partial charge is 0.399 e. The first kappa shape index (κ1) is 9.04. The molecule has 0 aliphatic carbocycles. The topological polar surface area (TPSA) is 49.5 Å². The second kappa shape index (κ2) is 3.14. The molecule has 0 bridgehead atoms. The van der Waals surface area contributed by atoms with Gasteiger partial charge in [-0.1, -0.05) is 0 Å². The Bertz CT molecular complexity index is 391. The molecule has 80 valence electrons. The summed E-state index contributed by atoms with van der Waals surface area (Å²) in [6, 6.07) is 6.66. The first-order valence-corrected chi connectivity index (χ1v) is 5.55. The van der Waals surface area contributed by atoms with E-state index in [4.69, 9.17) is 5.73 Å². The minimum Gasteiger partial charge on any atom is -0.399 e. The van der Waals surface area contributed by atoms with Crippen molar-refractivity contribution in [2.45, 2.75) is 18.9 Å². The highest BCUT2D eigenvalue weighted by atomic mass is 16.3. The molecule has 2 aliphatic heterocycles. The van der Waals surface area contributed by atoms with Crippen molar-refractivity contribution in [2.75, 3.05) is 23.8 Å². The Morgan fingerprint density at radius 3 is 3.13 bits per heavy atom. The minimum absolute atomic E-state index is 0.310. The lowest BCUT2D eigenvalue weighted by atomic mass is 9.97. The zero-order valence-electron chi connectivity index (χ0n) is 8.69. The summed E-state index contributed by atoms with van der Waals surface area (Å²) in [6.45, 7) is 1.39. The number of rotatable bonds is 1. The Kier molecular flexibility index (Phi) is 1.89. The average Bonchev–Trinajstić information content (AvgIpc) is 2.74. The number of benzene rings is 1. The third-order valence-corrected chi connectivity index (χ3v) is 3.76. The average molecular weight is 204 g/mol. The van der Waals surface area contributed by atoms with Crippen molar-refractivity contribution in [3.8, 4) is 0 Å². The number of nitrogens with two attached hydrogens (primary N) is 1. The molecule has 3 N–H and O–H groups in total. The quantitative estimate of drug-likeness (QED) is 0.671. The normalized spacial score (nSPS) is 27.9. The second-order valence-electron chi connectivity index (χ2n) is 4.58. The number of fused-ring (bicyclic) bond motifs is 3. The van der Waals surface area contributed by atoms with Gasteiger partial charge in [-0.05, 0) is 36.6 Å². The third-order valence-electron chi connectivity index (χ3n) is 3.76. The smallest absolute Gasteiger partial charge is 0.0479 e. The molecule has 3 rings (SSSR count). The highest BCUT2D eigenvalue weighted by molar-refractivity contribution is 5.65. The van der Waals surface area contributed by atoms with Gasteiger partial charge in [0.1, 0.15) is 0 Å². The van der Waals surface area contributed by atoms with Gasteiger partial charge in [-0.25, -0.2) is 0 Å². The summed E-state index contributed by atoms with van der Waals surface area (Å²) in [5.41, 5.74) is 9.29. The number of anilines is 2. The van der Waals surface area contributed by atoms with Crippen LogP contribution in [0.25, 0.3) is 0 Å². The molecule has 3 heteroatoms. The van der Waals surface area contributed by atoms with Crippen molar-refractivity contribution in [2.24, 2.45) is 5.92 Å². The fourth-order valence-electron chi connectivity index (χ4n) is 2.98. The van der Waals surface area contributed by atoms with Gasteiger partial charge in [0.05, 0.1) is 0 Å². The summed E-state index contributed by atoms with van der Waals surface area (Å²) >= 11 is 0. The van der Waals surface area contributed by atoms with Crippen LogP contribution in [0.5, 0.6) is 0 Å². The number of nitrogen functional groups attached to an aromatic ring is 1. The molecule has 1 saturated heterocycles. The summed E-state index contributed by atoms with van der Waals surface area (Å²) in [5.74, 6) is 0.443. The predicted octanol–water partition coefficient (Wildman–Crippen LogP) is 1.01. The Balaban J connectivity index is 1.97. The van der Waals surface area contributed by atoms with Gasteiger partial charge in [0.2, 0.25) is 0 Å². The van der Waals surface area contributed by atoms with E-state index in [1.54, 1.807) is 0 Å². The van der Waals surface area contributed by atoms with Gasteiger partial charge in [0.25, 0.3) is 0 Å². The Morgan fingerprint density at radius 2 is 2.33 bits per heavy atom. The van der Waals surface area contributed by atoms with E-state index in [1.165, 1.54) is 11.3 Å². The molecule has 0 spiro atoms. The van der Waals surface area contributed by atoms with E-state index < -0.39 is 0 Å². The first-order valence-electron chi connectivity index (χ1n) is 5.55. The van der Waals surface area contributed by atoms with Gasteiger partial charge in [0, 0.05) is 36.5 Å². The van der Waals surface area contributed by atoms with Gasteiger partial charge >= 0.3 is 0 Å². The third kappa shape index (κ3) is 1.23. The van der Waals surface area contributed by atoms with Crippen LogP contribution in [-0.4, -0.2) is 24.3 Å². The fraction of sp³-hybridized carbons (Fsp3) is 0.500. The van der Waals surface area contributed by atoms with E-state index in [0.29, 0.717) is 18.6 Å². The summed E-state index contributed by atoms with van der Waals surface area (Å²) in [5, 5.41) is 9.30. The summed E-state index contributed by atoms with van der Waals surface area (Å²) in [6.07, 6.45) is 2.16. The zero-order chi connectivity index (χ0) is 10.4. The van der Waals surface area contributed by atoms with E-state index in [9.17, 15) is 5.11 Å². The van der Waals surface area contributed by atoms with Gasteiger partial charge in [-0.15, -0.1) is 0 Å². The molecule has 0 amide bonds. The van der Waals surface area contributed by atoms with Gasteiger partial charge in [-0.2, -0.15) is 0 Å². The molecule has 3 nitrogen and oxygen atoms in total. The van der Waals surface area contributed by atoms with Crippen LogP contribution in [0.1, 0.15) is 12.0 Å². The fourth-order valence-corrected chi connectivity index (χ4v) is 2.98. The van der Waals surface area contributed by atoms with E-state index in [1.807, 2.05) is 6.07 Å². The van der Waals surface area contributed by atoms with Crippen LogP contribution in [0.2, 0.25) is 0 Å². The maximum Gasteiger partial charge on any atom is 0.0479 e. The molecular formula is C12H16N2O. The molecule has 0 aromatic heterocycles. The van der Waals surface area contributed by atoms with Gasteiger partial charge < -0.3 is 15.7 Å². The summed E-state index contributed by atoms with van der Waals surface area (Å²) in [7, 11) is 0. The number of hydrogen-bond donors (Lipinski definition) is 2. The Hall–Kier alpha value is -1.22. The second-order valence-corrected chi connectivity index (χ2v) is 4.58.